The monoisotopic (exact) mass is 362 g/mol. The molecule has 1 saturated heterocycles. The van der Waals surface area contributed by atoms with Crippen LogP contribution in [0.25, 0.3) is 0 Å². The topological polar surface area (TPSA) is 72.5 Å². The lowest BCUT2D eigenvalue weighted by molar-refractivity contribution is -0.334. The van der Waals surface area contributed by atoms with Crippen LogP contribution in [0.3, 0.4) is 0 Å². The molecule has 0 bridgehead atoms. The third kappa shape index (κ3) is 8.46. The molecule has 1 unspecified atom stereocenters. The van der Waals surface area contributed by atoms with E-state index in [9.17, 15) is 4.79 Å². The molecule has 7 heteroatoms. The standard InChI is InChI=1S/C18H34O7/c1-7-8-9-21-12-22-15-11-23-18(4,5)25-17(15)14(3)24-13(2)10-16(19)20-6/h13-15,17H,7-12H2,1-6H3/t13-,14-,15?,17+/m1/s1. The summed E-state index contributed by atoms with van der Waals surface area (Å²) in [6.45, 7) is 10.8. The zero-order valence-corrected chi connectivity index (χ0v) is 16.4. The van der Waals surface area contributed by atoms with Gasteiger partial charge in [-0.3, -0.25) is 4.79 Å². The first-order valence-electron chi connectivity index (χ1n) is 9.02. The van der Waals surface area contributed by atoms with E-state index in [1.165, 1.54) is 7.11 Å². The van der Waals surface area contributed by atoms with E-state index in [4.69, 9.17) is 23.7 Å². The normalized spacial score (nSPS) is 25.4. The molecule has 0 N–H and O–H groups in total. The van der Waals surface area contributed by atoms with Gasteiger partial charge in [-0.25, -0.2) is 0 Å². The summed E-state index contributed by atoms with van der Waals surface area (Å²) in [6, 6.07) is 0. The van der Waals surface area contributed by atoms with Crippen LogP contribution < -0.4 is 0 Å². The summed E-state index contributed by atoms with van der Waals surface area (Å²) in [4.78, 5) is 11.4. The maximum atomic E-state index is 11.4. The van der Waals surface area contributed by atoms with Gasteiger partial charge in [-0.05, 0) is 34.1 Å². The highest BCUT2D eigenvalue weighted by Gasteiger charge is 2.41. The van der Waals surface area contributed by atoms with Gasteiger partial charge in [0.15, 0.2) is 5.79 Å². The van der Waals surface area contributed by atoms with Crippen LogP contribution in [-0.2, 0) is 33.2 Å². The number of hydrogen-bond donors (Lipinski definition) is 0. The quantitative estimate of drug-likeness (QED) is 0.318. The van der Waals surface area contributed by atoms with Crippen molar-refractivity contribution in [2.75, 3.05) is 27.1 Å². The first-order chi connectivity index (χ1) is 11.8. The highest BCUT2D eigenvalue weighted by molar-refractivity contribution is 5.69. The number of hydrogen-bond acceptors (Lipinski definition) is 7. The van der Waals surface area contributed by atoms with E-state index in [0.29, 0.717) is 13.2 Å². The number of ether oxygens (including phenoxy) is 6. The Kier molecular flexibility index (Phi) is 9.89. The lowest BCUT2D eigenvalue weighted by atomic mass is 10.1. The molecule has 0 radical (unpaired) electrons. The lowest BCUT2D eigenvalue weighted by Crippen LogP contribution is -2.55. The van der Waals surface area contributed by atoms with Gasteiger partial charge in [0, 0.05) is 6.61 Å². The third-order valence-corrected chi connectivity index (χ3v) is 3.98. The van der Waals surface area contributed by atoms with Gasteiger partial charge in [0.05, 0.1) is 32.3 Å². The van der Waals surface area contributed by atoms with Crippen LogP contribution in [0.4, 0.5) is 0 Å². The average Bonchev–Trinajstić information content (AvgIpc) is 2.55. The van der Waals surface area contributed by atoms with Crippen LogP contribution in [0, 0.1) is 0 Å². The molecule has 1 heterocycles. The van der Waals surface area contributed by atoms with Crippen LogP contribution >= 0.6 is 0 Å². The third-order valence-electron chi connectivity index (χ3n) is 3.98. The van der Waals surface area contributed by atoms with Crippen molar-refractivity contribution in [1.82, 2.24) is 0 Å². The van der Waals surface area contributed by atoms with Crippen LogP contribution in [-0.4, -0.2) is 63.3 Å². The largest absolute Gasteiger partial charge is 0.469 e. The van der Waals surface area contributed by atoms with Gasteiger partial charge >= 0.3 is 5.97 Å². The van der Waals surface area contributed by atoms with E-state index in [1.54, 1.807) is 0 Å². The molecule has 0 saturated carbocycles. The van der Waals surface area contributed by atoms with E-state index < -0.39 is 5.79 Å². The number of rotatable bonds is 11. The van der Waals surface area contributed by atoms with E-state index in [1.807, 2.05) is 27.7 Å². The molecule has 0 aromatic carbocycles. The minimum atomic E-state index is -0.712. The van der Waals surface area contributed by atoms with Crippen molar-refractivity contribution >= 4 is 5.97 Å². The molecule has 0 spiro atoms. The van der Waals surface area contributed by atoms with Gasteiger partial charge in [-0.15, -0.1) is 0 Å². The molecule has 1 rings (SSSR count). The molecule has 0 aromatic heterocycles. The molecular weight excluding hydrogens is 328 g/mol. The average molecular weight is 362 g/mol. The van der Waals surface area contributed by atoms with Gasteiger partial charge in [0.2, 0.25) is 0 Å². The molecule has 7 nitrogen and oxygen atoms in total. The van der Waals surface area contributed by atoms with Crippen molar-refractivity contribution in [3.8, 4) is 0 Å². The van der Waals surface area contributed by atoms with Crippen LogP contribution in [0.2, 0.25) is 0 Å². The first-order valence-corrected chi connectivity index (χ1v) is 9.02. The Morgan fingerprint density at radius 2 is 2.04 bits per heavy atom. The summed E-state index contributed by atoms with van der Waals surface area (Å²) in [6.07, 6.45) is 1.10. The molecule has 0 amide bonds. The van der Waals surface area contributed by atoms with Crippen molar-refractivity contribution in [3.63, 3.8) is 0 Å². The number of methoxy groups -OCH3 is 1. The van der Waals surface area contributed by atoms with Gasteiger partial charge in [0.1, 0.15) is 19.0 Å². The maximum absolute atomic E-state index is 11.4. The summed E-state index contributed by atoms with van der Waals surface area (Å²) in [5, 5.41) is 0. The molecule has 1 aliphatic rings. The predicted octanol–water partition coefficient (Wildman–Crippen LogP) is 2.65. The predicted molar refractivity (Wildman–Crippen MR) is 92.1 cm³/mol. The fourth-order valence-electron chi connectivity index (χ4n) is 2.61. The summed E-state index contributed by atoms with van der Waals surface area (Å²) < 4.78 is 33.6. The molecule has 25 heavy (non-hydrogen) atoms. The Balaban J connectivity index is 2.56. The molecule has 4 atom stereocenters. The zero-order valence-electron chi connectivity index (χ0n) is 16.4. The van der Waals surface area contributed by atoms with Crippen molar-refractivity contribution in [3.05, 3.63) is 0 Å². The van der Waals surface area contributed by atoms with Crippen LogP contribution in [0.15, 0.2) is 0 Å². The second-order valence-corrected chi connectivity index (χ2v) is 6.81. The lowest BCUT2D eigenvalue weighted by Gasteiger charge is -2.43. The van der Waals surface area contributed by atoms with E-state index in [0.717, 1.165) is 12.8 Å². The van der Waals surface area contributed by atoms with E-state index in [-0.39, 0.29) is 43.6 Å². The highest BCUT2D eigenvalue weighted by atomic mass is 16.7. The molecule has 1 aliphatic heterocycles. The van der Waals surface area contributed by atoms with E-state index in [2.05, 4.69) is 11.7 Å². The fourth-order valence-corrected chi connectivity index (χ4v) is 2.61. The second-order valence-electron chi connectivity index (χ2n) is 6.81. The molecule has 148 valence electrons. The first kappa shape index (κ1) is 22.3. The SMILES string of the molecule is CCCCOCOC1COC(C)(C)O[C@H]1[C@@H](C)O[C@H](C)CC(=O)OC. The highest BCUT2D eigenvalue weighted by Crippen LogP contribution is 2.28. The molecular formula is C18H34O7. The van der Waals surface area contributed by atoms with Gasteiger partial charge in [0.25, 0.3) is 0 Å². The Bertz CT molecular complexity index is 386. The fraction of sp³-hybridized carbons (Fsp3) is 0.944. The number of carbonyl (C=O) groups excluding carboxylic acids is 1. The van der Waals surface area contributed by atoms with Gasteiger partial charge in [-0.1, -0.05) is 13.3 Å². The van der Waals surface area contributed by atoms with E-state index >= 15 is 0 Å². The van der Waals surface area contributed by atoms with Crippen LogP contribution in [0.1, 0.15) is 53.9 Å². The minimum Gasteiger partial charge on any atom is -0.469 e. The second kappa shape index (κ2) is 11.1. The van der Waals surface area contributed by atoms with Crippen molar-refractivity contribution in [1.29, 1.82) is 0 Å². The summed E-state index contributed by atoms with van der Waals surface area (Å²) >= 11 is 0. The molecule has 0 aromatic rings. The van der Waals surface area contributed by atoms with Gasteiger partial charge in [-0.2, -0.15) is 0 Å². The Labute approximate surface area is 151 Å². The Morgan fingerprint density at radius 1 is 1.32 bits per heavy atom. The van der Waals surface area contributed by atoms with Crippen molar-refractivity contribution < 1.29 is 33.2 Å². The van der Waals surface area contributed by atoms with Gasteiger partial charge < -0.3 is 28.4 Å². The summed E-state index contributed by atoms with van der Waals surface area (Å²) in [5.74, 6) is -1.01. The van der Waals surface area contributed by atoms with Crippen LogP contribution in [0.5, 0.6) is 0 Å². The smallest absolute Gasteiger partial charge is 0.308 e. The number of unbranched alkanes of at least 4 members (excludes halogenated alkanes) is 1. The molecule has 1 fully saturated rings. The minimum absolute atomic E-state index is 0.193. The Morgan fingerprint density at radius 3 is 2.68 bits per heavy atom. The maximum Gasteiger partial charge on any atom is 0.308 e. The zero-order chi connectivity index (χ0) is 18.9. The molecule has 0 aliphatic carbocycles. The summed E-state index contributed by atoms with van der Waals surface area (Å²) in [5.41, 5.74) is 0. The van der Waals surface area contributed by atoms with Crippen molar-refractivity contribution in [2.24, 2.45) is 0 Å². The number of carbonyl (C=O) groups is 1. The Hall–Kier alpha value is -0.730. The van der Waals surface area contributed by atoms with Crippen molar-refractivity contribution in [2.45, 2.75) is 84.1 Å². The number of esters is 1. The summed E-state index contributed by atoms with van der Waals surface area (Å²) in [7, 11) is 1.37.